The highest BCUT2D eigenvalue weighted by Crippen LogP contribution is 2.36. The molecule has 2 N–H and O–H groups in total. The topological polar surface area (TPSA) is 76.0 Å². The predicted molar refractivity (Wildman–Crippen MR) is 97.9 cm³/mol. The molecule has 0 aromatic heterocycles. The van der Waals surface area contributed by atoms with Crippen LogP contribution in [0.3, 0.4) is 0 Å². The summed E-state index contributed by atoms with van der Waals surface area (Å²) in [6.45, 7) is 2.15. The van der Waals surface area contributed by atoms with Crippen LogP contribution in [-0.2, 0) is 11.2 Å². The zero-order chi connectivity index (χ0) is 18.7. The van der Waals surface area contributed by atoms with E-state index in [9.17, 15) is 9.90 Å². The highest BCUT2D eigenvalue weighted by molar-refractivity contribution is 6.20. The largest absolute Gasteiger partial charge is 0.508 e. The van der Waals surface area contributed by atoms with Gasteiger partial charge in [-0.15, -0.1) is 11.6 Å². The van der Waals surface area contributed by atoms with Crippen molar-refractivity contribution in [1.29, 1.82) is 0 Å². The lowest BCUT2D eigenvalue weighted by molar-refractivity contribution is -0.154. The van der Waals surface area contributed by atoms with Crippen molar-refractivity contribution in [3.8, 4) is 17.2 Å². The Morgan fingerprint density at radius 3 is 2.65 bits per heavy atom. The SMILES string of the molecule is CC(CCC(Cl)c1cccc(O)c1)Cc1ccc2c(c1)OC(C(=O)O)O2. The molecule has 0 saturated carbocycles. The van der Waals surface area contributed by atoms with Gasteiger partial charge in [0.15, 0.2) is 11.5 Å². The zero-order valence-electron chi connectivity index (χ0n) is 14.4. The van der Waals surface area contributed by atoms with E-state index in [1.165, 1.54) is 0 Å². The molecular weight excluding hydrogens is 356 g/mol. The number of ether oxygens (including phenoxy) is 2. The first kappa shape index (κ1) is 18.4. The maximum Gasteiger partial charge on any atom is 0.387 e. The normalized spacial score (nSPS) is 17.7. The highest BCUT2D eigenvalue weighted by Gasteiger charge is 2.30. The lowest BCUT2D eigenvalue weighted by atomic mass is 9.94. The molecule has 0 bridgehead atoms. The van der Waals surface area contributed by atoms with Gasteiger partial charge in [-0.2, -0.15) is 0 Å². The molecule has 6 heteroatoms. The van der Waals surface area contributed by atoms with Crippen LogP contribution in [0.1, 0.15) is 36.3 Å². The Hall–Kier alpha value is -2.40. The summed E-state index contributed by atoms with van der Waals surface area (Å²) in [5.74, 6) is 0.400. The van der Waals surface area contributed by atoms with Crippen LogP contribution < -0.4 is 9.47 Å². The van der Waals surface area contributed by atoms with Gasteiger partial charge in [-0.25, -0.2) is 4.79 Å². The van der Waals surface area contributed by atoms with Crippen LogP contribution in [0.2, 0.25) is 0 Å². The van der Waals surface area contributed by atoms with Gasteiger partial charge in [-0.1, -0.05) is 25.1 Å². The fraction of sp³-hybridized carbons (Fsp3) is 0.350. The van der Waals surface area contributed by atoms with Gasteiger partial charge in [0, 0.05) is 0 Å². The summed E-state index contributed by atoms with van der Waals surface area (Å²) in [5, 5.41) is 18.4. The van der Waals surface area contributed by atoms with Gasteiger partial charge in [0.1, 0.15) is 5.75 Å². The monoisotopic (exact) mass is 376 g/mol. The molecular formula is C20H21ClO5. The molecule has 1 heterocycles. The van der Waals surface area contributed by atoms with Gasteiger partial charge in [-0.05, 0) is 60.6 Å². The fourth-order valence-electron chi connectivity index (χ4n) is 3.05. The van der Waals surface area contributed by atoms with E-state index in [1.807, 2.05) is 18.2 Å². The Labute approximate surface area is 157 Å². The number of hydrogen-bond donors (Lipinski definition) is 2. The number of alkyl halides is 1. The molecule has 2 aromatic carbocycles. The molecule has 1 aliphatic heterocycles. The molecule has 0 aliphatic carbocycles. The van der Waals surface area contributed by atoms with Crippen molar-refractivity contribution in [3.05, 3.63) is 53.6 Å². The first-order chi connectivity index (χ1) is 12.4. The van der Waals surface area contributed by atoms with Crippen LogP contribution in [0.4, 0.5) is 0 Å². The maximum atomic E-state index is 10.9. The van der Waals surface area contributed by atoms with Crippen molar-refractivity contribution in [3.63, 3.8) is 0 Å². The molecule has 0 saturated heterocycles. The number of carboxylic acid groups (broad SMARTS) is 1. The molecule has 26 heavy (non-hydrogen) atoms. The Bertz CT molecular complexity index is 792. The summed E-state index contributed by atoms with van der Waals surface area (Å²) in [5.41, 5.74) is 1.98. The summed E-state index contributed by atoms with van der Waals surface area (Å²) in [4.78, 5) is 10.9. The van der Waals surface area contributed by atoms with E-state index in [0.717, 1.165) is 30.4 Å². The van der Waals surface area contributed by atoms with Gasteiger partial charge in [0.2, 0.25) is 0 Å². The Kier molecular flexibility index (Phi) is 5.57. The minimum absolute atomic E-state index is 0.141. The van der Waals surface area contributed by atoms with Crippen LogP contribution in [-0.4, -0.2) is 22.5 Å². The molecule has 138 valence electrons. The molecule has 3 atom stereocenters. The number of carbonyl (C=O) groups is 1. The molecule has 0 fully saturated rings. The third kappa shape index (κ3) is 4.41. The third-order valence-corrected chi connectivity index (χ3v) is 4.88. The lowest BCUT2D eigenvalue weighted by Gasteiger charge is -2.15. The van der Waals surface area contributed by atoms with Crippen molar-refractivity contribution < 1.29 is 24.5 Å². The number of phenols is 1. The van der Waals surface area contributed by atoms with E-state index in [4.69, 9.17) is 26.2 Å². The average Bonchev–Trinajstić information content (AvgIpc) is 3.03. The van der Waals surface area contributed by atoms with Crippen LogP contribution in [0.25, 0.3) is 0 Å². The predicted octanol–water partition coefficient (Wildman–Crippen LogP) is 4.51. The van der Waals surface area contributed by atoms with Gasteiger partial charge in [0.25, 0.3) is 0 Å². The number of rotatable bonds is 7. The van der Waals surface area contributed by atoms with Gasteiger partial charge in [0.05, 0.1) is 5.38 Å². The summed E-state index contributed by atoms with van der Waals surface area (Å²) < 4.78 is 10.5. The van der Waals surface area contributed by atoms with Crippen molar-refractivity contribution in [2.75, 3.05) is 0 Å². The van der Waals surface area contributed by atoms with Crippen LogP contribution in [0.5, 0.6) is 17.2 Å². The smallest absolute Gasteiger partial charge is 0.387 e. The van der Waals surface area contributed by atoms with Gasteiger partial charge in [-0.3, -0.25) is 0 Å². The fourth-order valence-corrected chi connectivity index (χ4v) is 3.31. The Balaban J connectivity index is 1.53. The summed E-state index contributed by atoms with van der Waals surface area (Å²) in [6.07, 6.45) is 1.29. The van der Waals surface area contributed by atoms with E-state index >= 15 is 0 Å². The summed E-state index contributed by atoms with van der Waals surface area (Å²) in [7, 11) is 0. The molecule has 5 nitrogen and oxygen atoms in total. The number of fused-ring (bicyclic) bond motifs is 1. The van der Waals surface area contributed by atoms with Crippen molar-refractivity contribution in [2.24, 2.45) is 5.92 Å². The Morgan fingerprint density at radius 1 is 1.15 bits per heavy atom. The molecule has 3 unspecified atom stereocenters. The average molecular weight is 377 g/mol. The second kappa shape index (κ2) is 7.87. The number of benzene rings is 2. The summed E-state index contributed by atoms with van der Waals surface area (Å²) in [6, 6.07) is 12.5. The van der Waals surface area contributed by atoms with E-state index in [2.05, 4.69) is 6.92 Å². The number of carboxylic acids is 1. The summed E-state index contributed by atoms with van der Waals surface area (Å²) >= 11 is 6.44. The number of aromatic hydroxyl groups is 1. The first-order valence-electron chi connectivity index (χ1n) is 8.54. The first-order valence-corrected chi connectivity index (χ1v) is 8.98. The minimum atomic E-state index is -1.27. The van der Waals surface area contributed by atoms with Crippen LogP contribution in [0, 0.1) is 5.92 Å². The highest BCUT2D eigenvalue weighted by atomic mass is 35.5. The van der Waals surface area contributed by atoms with Crippen molar-refractivity contribution in [2.45, 2.75) is 37.9 Å². The van der Waals surface area contributed by atoms with E-state index in [1.54, 1.807) is 24.3 Å². The molecule has 0 radical (unpaired) electrons. The second-order valence-electron chi connectivity index (χ2n) is 6.64. The van der Waals surface area contributed by atoms with Crippen molar-refractivity contribution in [1.82, 2.24) is 0 Å². The van der Waals surface area contributed by atoms with E-state index in [0.29, 0.717) is 17.4 Å². The number of halogens is 1. The van der Waals surface area contributed by atoms with Gasteiger partial charge >= 0.3 is 12.3 Å². The van der Waals surface area contributed by atoms with Gasteiger partial charge < -0.3 is 19.7 Å². The lowest BCUT2D eigenvalue weighted by Crippen LogP contribution is -2.28. The van der Waals surface area contributed by atoms with E-state index in [-0.39, 0.29) is 11.1 Å². The van der Waals surface area contributed by atoms with Crippen LogP contribution in [0.15, 0.2) is 42.5 Å². The quantitative estimate of drug-likeness (QED) is 0.695. The standard InChI is InChI=1S/C20H21ClO5/c1-12(5-7-16(21)14-3-2-4-15(22)11-14)9-13-6-8-17-18(10-13)26-20(25-17)19(23)24/h2-4,6,8,10-12,16,20,22H,5,7,9H2,1H3,(H,23,24). The molecule has 2 aromatic rings. The molecule has 0 spiro atoms. The van der Waals surface area contributed by atoms with E-state index < -0.39 is 12.3 Å². The number of hydrogen-bond acceptors (Lipinski definition) is 4. The molecule has 3 rings (SSSR count). The number of aliphatic carboxylic acids is 1. The third-order valence-electron chi connectivity index (χ3n) is 4.41. The van der Waals surface area contributed by atoms with Crippen LogP contribution >= 0.6 is 11.6 Å². The molecule has 0 amide bonds. The maximum absolute atomic E-state index is 10.9. The number of phenolic OH excluding ortho intramolecular Hbond substituents is 1. The second-order valence-corrected chi connectivity index (χ2v) is 7.16. The zero-order valence-corrected chi connectivity index (χ0v) is 15.1. The minimum Gasteiger partial charge on any atom is -0.508 e. The Morgan fingerprint density at radius 2 is 1.92 bits per heavy atom. The molecule has 1 aliphatic rings. The van der Waals surface area contributed by atoms with Crippen molar-refractivity contribution >= 4 is 17.6 Å².